The number of amides is 1. The zero-order valence-corrected chi connectivity index (χ0v) is 11.6. The van der Waals surface area contributed by atoms with Crippen LogP contribution in [0, 0.1) is 0 Å². The SMILES string of the molecule is O=C(NC[C@@H](O)c1cccs1)[C@H]1COc2ccccc21. The number of benzene rings is 1. The number of aliphatic hydroxyl groups is 1. The van der Waals surface area contributed by atoms with E-state index in [0.717, 1.165) is 16.2 Å². The summed E-state index contributed by atoms with van der Waals surface area (Å²) < 4.78 is 5.49. The summed E-state index contributed by atoms with van der Waals surface area (Å²) in [5, 5.41) is 14.7. The van der Waals surface area contributed by atoms with Crippen LogP contribution < -0.4 is 10.1 Å². The van der Waals surface area contributed by atoms with Gasteiger partial charge in [0.05, 0.1) is 0 Å². The monoisotopic (exact) mass is 289 g/mol. The Morgan fingerprint density at radius 1 is 1.40 bits per heavy atom. The summed E-state index contributed by atoms with van der Waals surface area (Å²) in [5.41, 5.74) is 0.913. The smallest absolute Gasteiger partial charge is 0.231 e. The fourth-order valence-electron chi connectivity index (χ4n) is 2.28. The first-order valence-corrected chi connectivity index (χ1v) is 7.34. The van der Waals surface area contributed by atoms with Gasteiger partial charge in [-0.1, -0.05) is 24.3 Å². The van der Waals surface area contributed by atoms with Crippen LogP contribution in [0.25, 0.3) is 0 Å². The molecule has 20 heavy (non-hydrogen) atoms. The number of hydrogen-bond donors (Lipinski definition) is 2. The Morgan fingerprint density at radius 3 is 3.05 bits per heavy atom. The highest BCUT2D eigenvalue weighted by Crippen LogP contribution is 2.33. The van der Waals surface area contributed by atoms with E-state index < -0.39 is 6.10 Å². The number of rotatable bonds is 4. The molecule has 1 aliphatic rings. The van der Waals surface area contributed by atoms with Crippen molar-refractivity contribution in [2.45, 2.75) is 12.0 Å². The van der Waals surface area contributed by atoms with Gasteiger partial charge in [-0.25, -0.2) is 0 Å². The first kappa shape index (κ1) is 13.1. The van der Waals surface area contributed by atoms with E-state index >= 15 is 0 Å². The molecule has 2 aromatic rings. The molecule has 2 N–H and O–H groups in total. The summed E-state index contributed by atoms with van der Waals surface area (Å²) in [6.45, 7) is 0.582. The molecule has 0 radical (unpaired) electrons. The van der Waals surface area contributed by atoms with Crippen molar-refractivity contribution in [3.05, 3.63) is 52.2 Å². The minimum Gasteiger partial charge on any atom is -0.492 e. The largest absolute Gasteiger partial charge is 0.492 e. The van der Waals surface area contributed by atoms with E-state index in [1.807, 2.05) is 41.8 Å². The van der Waals surface area contributed by atoms with Crippen LogP contribution in [0.1, 0.15) is 22.5 Å². The molecular weight excluding hydrogens is 274 g/mol. The van der Waals surface area contributed by atoms with Gasteiger partial charge in [-0.3, -0.25) is 4.79 Å². The normalized spacial score (nSPS) is 18.1. The molecule has 1 aliphatic heterocycles. The van der Waals surface area contributed by atoms with E-state index in [4.69, 9.17) is 4.74 Å². The van der Waals surface area contributed by atoms with Crippen molar-refractivity contribution < 1.29 is 14.6 Å². The molecule has 2 heterocycles. The van der Waals surface area contributed by atoms with Gasteiger partial charge >= 0.3 is 0 Å². The standard InChI is InChI=1S/C15H15NO3S/c17-12(14-6-3-7-20-14)8-16-15(18)11-9-19-13-5-2-1-4-10(11)13/h1-7,11-12,17H,8-9H2,(H,16,18)/t11-,12+/m0/s1. The molecule has 1 aromatic heterocycles. The molecule has 0 spiro atoms. The molecule has 0 saturated carbocycles. The van der Waals surface area contributed by atoms with E-state index in [-0.39, 0.29) is 18.4 Å². The Morgan fingerprint density at radius 2 is 2.25 bits per heavy atom. The lowest BCUT2D eigenvalue weighted by Gasteiger charge is -2.13. The van der Waals surface area contributed by atoms with Gasteiger partial charge < -0.3 is 15.2 Å². The maximum absolute atomic E-state index is 12.2. The van der Waals surface area contributed by atoms with Crippen molar-refractivity contribution in [1.29, 1.82) is 0 Å². The second kappa shape index (κ2) is 5.64. The molecule has 1 aromatic carbocycles. The van der Waals surface area contributed by atoms with Crippen LogP contribution in [0.15, 0.2) is 41.8 Å². The summed E-state index contributed by atoms with van der Waals surface area (Å²) in [5.74, 6) is 0.374. The van der Waals surface area contributed by atoms with Gasteiger partial charge in [0.2, 0.25) is 5.91 Å². The number of nitrogens with one attached hydrogen (secondary N) is 1. The second-order valence-corrected chi connectivity index (χ2v) is 5.66. The molecule has 3 rings (SSSR count). The van der Waals surface area contributed by atoms with E-state index in [9.17, 15) is 9.90 Å². The number of ether oxygens (including phenoxy) is 1. The molecular formula is C15H15NO3S. The van der Waals surface area contributed by atoms with Crippen molar-refractivity contribution in [2.24, 2.45) is 0 Å². The van der Waals surface area contributed by atoms with Crippen LogP contribution in [0.5, 0.6) is 5.75 Å². The lowest BCUT2D eigenvalue weighted by Crippen LogP contribution is -2.33. The topological polar surface area (TPSA) is 58.6 Å². The van der Waals surface area contributed by atoms with Crippen LogP contribution in [0.4, 0.5) is 0 Å². The summed E-state index contributed by atoms with van der Waals surface area (Å²) in [4.78, 5) is 13.0. The average molecular weight is 289 g/mol. The summed E-state index contributed by atoms with van der Waals surface area (Å²) in [7, 11) is 0. The van der Waals surface area contributed by atoms with Gasteiger partial charge in [-0.2, -0.15) is 0 Å². The molecule has 0 unspecified atom stereocenters. The van der Waals surface area contributed by atoms with Gasteiger partial charge in [-0.05, 0) is 17.5 Å². The lowest BCUT2D eigenvalue weighted by atomic mass is 10.0. The predicted molar refractivity (Wildman–Crippen MR) is 77.0 cm³/mol. The van der Waals surface area contributed by atoms with Crippen molar-refractivity contribution in [2.75, 3.05) is 13.2 Å². The summed E-state index contributed by atoms with van der Waals surface area (Å²) in [6.07, 6.45) is -0.656. The minimum absolute atomic E-state index is 0.106. The van der Waals surface area contributed by atoms with Gasteiger partial charge in [0, 0.05) is 17.0 Å². The van der Waals surface area contributed by atoms with E-state index in [1.54, 1.807) is 0 Å². The van der Waals surface area contributed by atoms with Crippen molar-refractivity contribution in [3.63, 3.8) is 0 Å². The highest BCUT2D eigenvalue weighted by molar-refractivity contribution is 7.10. The number of hydrogen-bond acceptors (Lipinski definition) is 4. The maximum atomic E-state index is 12.2. The molecule has 0 saturated heterocycles. The number of carbonyl (C=O) groups is 1. The van der Waals surface area contributed by atoms with Crippen molar-refractivity contribution in [1.82, 2.24) is 5.32 Å². The van der Waals surface area contributed by atoms with Crippen LogP contribution in [-0.4, -0.2) is 24.2 Å². The summed E-state index contributed by atoms with van der Waals surface area (Å²) >= 11 is 1.48. The molecule has 2 atom stereocenters. The number of fused-ring (bicyclic) bond motifs is 1. The quantitative estimate of drug-likeness (QED) is 0.906. The zero-order valence-electron chi connectivity index (χ0n) is 10.8. The van der Waals surface area contributed by atoms with Crippen LogP contribution in [-0.2, 0) is 4.79 Å². The molecule has 1 amide bonds. The minimum atomic E-state index is -0.656. The highest BCUT2D eigenvalue weighted by Gasteiger charge is 2.30. The third kappa shape index (κ3) is 2.55. The Balaban J connectivity index is 1.61. The Labute approximate surface area is 121 Å². The Bertz CT molecular complexity index is 597. The van der Waals surface area contributed by atoms with Crippen molar-refractivity contribution >= 4 is 17.2 Å². The fraction of sp³-hybridized carbons (Fsp3) is 0.267. The molecule has 104 valence electrons. The van der Waals surface area contributed by atoms with E-state index in [1.165, 1.54) is 11.3 Å². The lowest BCUT2D eigenvalue weighted by molar-refractivity contribution is -0.123. The molecule has 0 aliphatic carbocycles. The number of carbonyl (C=O) groups excluding carboxylic acids is 1. The van der Waals surface area contributed by atoms with Gasteiger partial charge in [0.25, 0.3) is 0 Å². The highest BCUT2D eigenvalue weighted by atomic mass is 32.1. The van der Waals surface area contributed by atoms with Gasteiger partial charge in [0.15, 0.2) is 0 Å². The first-order valence-electron chi connectivity index (χ1n) is 6.46. The average Bonchev–Trinajstić information content (AvgIpc) is 3.13. The van der Waals surface area contributed by atoms with Crippen molar-refractivity contribution in [3.8, 4) is 5.75 Å². The molecule has 0 fully saturated rings. The second-order valence-electron chi connectivity index (χ2n) is 4.68. The van der Waals surface area contributed by atoms with Crippen LogP contribution in [0.3, 0.4) is 0 Å². The fourth-order valence-corrected chi connectivity index (χ4v) is 2.99. The van der Waals surface area contributed by atoms with E-state index in [0.29, 0.717) is 6.61 Å². The van der Waals surface area contributed by atoms with E-state index in [2.05, 4.69) is 5.32 Å². The summed E-state index contributed by atoms with van der Waals surface area (Å²) in [6, 6.07) is 11.3. The van der Waals surface area contributed by atoms with Crippen LogP contribution in [0.2, 0.25) is 0 Å². The number of para-hydroxylation sites is 1. The molecule has 4 nitrogen and oxygen atoms in total. The maximum Gasteiger partial charge on any atom is 0.231 e. The van der Waals surface area contributed by atoms with Gasteiger partial charge in [0.1, 0.15) is 24.4 Å². The van der Waals surface area contributed by atoms with Crippen LogP contribution >= 0.6 is 11.3 Å². The zero-order chi connectivity index (χ0) is 13.9. The predicted octanol–water partition coefficient (Wildman–Crippen LogP) is 2.07. The Kier molecular flexibility index (Phi) is 3.71. The first-order chi connectivity index (χ1) is 9.75. The molecule has 5 heteroatoms. The molecule has 0 bridgehead atoms. The third-order valence-corrected chi connectivity index (χ3v) is 4.33. The van der Waals surface area contributed by atoms with Gasteiger partial charge in [-0.15, -0.1) is 11.3 Å². The number of thiophene rings is 1. The third-order valence-electron chi connectivity index (χ3n) is 3.36. The number of aliphatic hydroxyl groups excluding tert-OH is 1. The Hall–Kier alpha value is -1.85.